The predicted molar refractivity (Wildman–Crippen MR) is 92.0 cm³/mol. The maximum Gasteiger partial charge on any atom is 0.236 e. The van der Waals surface area contributed by atoms with Crippen LogP contribution in [0, 0.1) is 0 Å². The van der Waals surface area contributed by atoms with E-state index in [1.807, 2.05) is 11.9 Å². The van der Waals surface area contributed by atoms with Gasteiger partial charge >= 0.3 is 0 Å². The van der Waals surface area contributed by atoms with Crippen LogP contribution in [0.5, 0.6) is 0 Å². The van der Waals surface area contributed by atoms with Gasteiger partial charge in [-0.25, -0.2) is 0 Å². The number of nitrogens with zero attached hydrogens (tertiary/aromatic N) is 3. The Morgan fingerprint density at radius 3 is 2.27 bits per heavy atom. The normalized spacial score (nSPS) is 21.9. The minimum absolute atomic E-state index is 0.325. The third-order valence-electron chi connectivity index (χ3n) is 5.42. The molecule has 1 saturated carbocycles. The molecular formula is C18H35N3O. The van der Waals surface area contributed by atoms with Crippen molar-refractivity contribution in [3.05, 3.63) is 0 Å². The zero-order valence-electron chi connectivity index (χ0n) is 14.7. The summed E-state index contributed by atoms with van der Waals surface area (Å²) in [4.78, 5) is 19.4. The monoisotopic (exact) mass is 309 g/mol. The lowest BCUT2D eigenvalue weighted by atomic mass is 9.94. The third kappa shape index (κ3) is 5.54. The van der Waals surface area contributed by atoms with Crippen LogP contribution in [0.25, 0.3) is 0 Å². The molecule has 1 amide bonds. The van der Waals surface area contributed by atoms with Crippen molar-refractivity contribution in [1.29, 1.82) is 0 Å². The van der Waals surface area contributed by atoms with E-state index in [-0.39, 0.29) is 0 Å². The van der Waals surface area contributed by atoms with Crippen molar-refractivity contribution in [3.63, 3.8) is 0 Å². The first-order valence-corrected chi connectivity index (χ1v) is 9.41. The van der Waals surface area contributed by atoms with Crippen LogP contribution in [0.4, 0.5) is 0 Å². The number of unbranched alkanes of at least 4 members (excludes halogenated alkanes) is 2. The minimum atomic E-state index is 0.325. The van der Waals surface area contributed by atoms with Gasteiger partial charge < -0.3 is 9.80 Å². The van der Waals surface area contributed by atoms with Crippen LogP contribution in [-0.4, -0.2) is 73.0 Å². The van der Waals surface area contributed by atoms with E-state index in [2.05, 4.69) is 16.7 Å². The summed E-state index contributed by atoms with van der Waals surface area (Å²) < 4.78 is 0. The molecule has 0 spiro atoms. The van der Waals surface area contributed by atoms with E-state index in [1.165, 1.54) is 57.9 Å². The molecule has 128 valence electrons. The van der Waals surface area contributed by atoms with Crippen LogP contribution >= 0.6 is 0 Å². The maximum absolute atomic E-state index is 12.5. The Bertz CT molecular complexity index is 320. The lowest BCUT2D eigenvalue weighted by molar-refractivity contribution is -0.134. The Kier molecular flexibility index (Phi) is 7.67. The number of hydrogen-bond donors (Lipinski definition) is 0. The van der Waals surface area contributed by atoms with Gasteiger partial charge in [0, 0.05) is 39.3 Å². The van der Waals surface area contributed by atoms with Crippen LogP contribution in [0.1, 0.15) is 58.3 Å². The van der Waals surface area contributed by atoms with Gasteiger partial charge in [-0.3, -0.25) is 9.69 Å². The summed E-state index contributed by atoms with van der Waals surface area (Å²) >= 11 is 0. The van der Waals surface area contributed by atoms with E-state index in [0.717, 1.165) is 26.2 Å². The van der Waals surface area contributed by atoms with Crippen molar-refractivity contribution in [1.82, 2.24) is 14.7 Å². The molecule has 0 unspecified atom stereocenters. The summed E-state index contributed by atoms with van der Waals surface area (Å²) in [6.07, 6.45) is 10.3. The van der Waals surface area contributed by atoms with Crippen LogP contribution in [0.15, 0.2) is 0 Å². The average molecular weight is 309 g/mol. The fourth-order valence-corrected chi connectivity index (χ4v) is 3.73. The molecule has 2 aliphatic rings. The van der Waals surface area contributed by atoms with E-state index in [4.69, 9.17) is 0 Å². The molecule has 0 aromatic carbocycles. The highest BCUT2D eigenvalue weighted by Crippen LogP contribution is 2.21. The molecular weight excluding hydrogens is 274 g/mol. The average Bonchev–Trinajstić information content (AvgIpc) is 2.57. The second kappa shape index (κ2) is 9.51. The molecule has 1 aliphatic carbocycles. The van der Waals surface area contributed by atoms with E-state index < -0.39 is 0 Å². The summed E-state index contributed by atoms with van der Waals surface area (Å²) in [7, 11) is 2.01. The second-order valence-corrected chi connectivity index (χ2v) is 7.12. The highest BCUT2D eigenvalue weighted by Gasteiger charge is 2.25. The van der Waals surface area contributed by atoms with Gasteiger partial charge in [-0.1, -0.05) is 39.0 Å². The van der Waals surface area contributed by atoms with E-state index >= 15 is 0 Å². The maximum atomic E-state index is 12.5. The van der Waals surface area contributed by atoms with Crippen molar-refractivity contribution in [2.24, 2.45) is 0 Å². The summed E-state index contributed by atoms with van der Waals surface area (Å²) in [5.74, 6) is 0.325. The first kappa shape index (κ1) is 17.7. The molecule has 1 saturated heterocycles. The van der Waals surface area contributed by atoms with Gasteiger partial charge in [-0.2, -0.15) is 0 Å². The molecule has 0 bridgehead atoms. The molecule has 2 fully saturated rings. The fourth-order valence-electron chi connectivity index (χ4n) is 3.73. The van der Waals surface area contributed by atoms with Crippen molar-refractivity contribution in [2.75, 3.05) is 46.3 Å². The van der Waals surface area contributed by atoms with Crippen LogP contribution in [-0.2, 0) is 4.79 Å². The summed E-state index contributed by atoms with van der Waals surface area (Å²) in [5, 5.41) is 0. The minimum Gasteiger partial charge on any atom is -0.342 e. The predicted octanol–water partition coefficient (Wildman–Crippen LogP) is 2.59. The van der Waals surface area contributed by atoms with E-state index in [1.54, 1.807) is 0 Å². The standard InChI is InChI=1S/C18H35N3O/c1-3-4-8-11-20-12-14-21(15-13-20)16-18(22)19(2)17-9-6-5-7-10-17/h17H,3-16H2,1-2H3. The largest absolute Gasteiger partial charge is 0.342 e. The highest BCUT2D eigenvalue weighted by molar-refractivity contribution is 5.78. The molecule has 1 heterocycles. The molecule has 0 atom stereocenters. The van der Waals surface area contributed by atoms with Gasteiger partial charge in [0.2, 0.25) is 5.91 Å². The molecule has 4 nitrogen and oxygen atoms in total. The molecule has 1 aliphatic heterocycles. The number of hydrogen-bond acceptors (Lipinski definition) is 3. The van der Waals surface area contributed by atoms with Gasteiger partial charge in [-0.15, -0.1) is 0 Å². The highest BCUT2D eigenvalue weighted by atomic mass is 16.2. The quantitative estimate of drug-likeness (QED) is 0.676. The lowest BCUT2D eigenvalue weighted by Crippen LogP contribution is -2.51. The van der Waals surface area contributed by atoms with E-state index in [0.29, 0.717) is 18.5 Å². The van der Waals surface area contributed by atoms with Gasteiger partial charge in [-0.05, 0) is 25.8 Å². The number of carbonyl (C=O) groups is 1. The Hall–Kier alpha value is -0.610. The Morgan fingerprint density at radius 1 is 1.00 bits per heavy atom. The molecule has 0 aromatic heterocycles. The summed E-state index contributed by atoms with van der Waals surface area (Å²) in [5.41, 5.74) is 0. The van der Waals surface area contributed by atoms with Gasteiger partial charge in [0.1, 0.15) is 0 Å². The SMILES string of the molecule is CCCCCN1CCN(CC(=O)N(C)C2CCCCC2)CC1. The number of amides is 1. The van der Waals surface area contributed by atoms with Gasteiger partial charge in [0.05, 0.1) is 6.54 Å². The molecule has 2 rings (SSSR count). The summed E-state index contributed by atoms with van der Waals surface area (Å²) in [6, 6.07) is 0.497. The molecule has 0 N–H and O–H groups in total. The van der Waals surface area contributed by atoms with Crippen LogP contribution < -0.4 is 0 Å². The first-order chi connectivity index (χ1) is 10.7. The fraction of sp³-hybridized carbons (Fsp3) is 0.944. The Morgan fingerprint density at radius 2 is 1.64 bits per heavy atom. The first-order valence-electron chi connectivity index (χ1n) is 9.41. The molecule has 4 heteroatoms. The zero-order chi connectivity index (χ0) is 15.8. The number of rotatable bonds is 7. The van der Waals surface area contributed by atoms with Crippen molar-refractivity contribution < 1.29 is 4.79 Å². The van der Waals surface area contributed by atoms with Crippen LogP contribution in [0.2, 0.25) is 0 Å². The van der Waals surface area contributed by atoms with Gasteiger partial charge in [0.15, 0.2) is 0 Å². The van der Waals surface area contributed by atoms with Crippen molar-refractivity contribution >= 4 is 5.91 Å². The number of carbonyl (C=O) groups excluding carboxylic acids is 1. The van der Waals surface area contributed by atoms with E-state index in [9.17, 15) is 4.79 Å². The molecule has 0 radical (unpaired) electrons. The smallest absolute Gasteiger partial charge is 0.236 e. The zero-order valence-corrected chi connectivity index (χ0v) is 14.7. The Labute approximate surface area is 136 Å². The van der Waals surface area contributed by atoms with Crippen molar-refractivity contribution in [2.45, 2.75) is 64.3 Å². The molecule has 22 heavy (non-hydrogen) atoms. The summed E-state index contributed by atoms with van der Waals surface area (Å²) in [6.45, 7) is 8.47. The topological polar surface area (TPSA) is 26.8 Å². The lowest BCUT2D eigenvalue weighted by Gasteiger charge is -2.37. The van der Waals surface area contributed by atoms with Gasteiger partial charge in [0.25, 0.3) is 0 Å². The second-order valence-electron chi connectivity index (χ2n) is 7.12. The molecule has 0 aromatic rings. The Balaban J connectivity index is 1.65. The third-order valence-corrected chi connectivity index (χ3v) is 5.42. The number of piperazine rings is 1. The number of likely N-dealkylation sites (N-methyl/N-ethyl adjacent to an activating group) is 1. The van der Waals surface area contributed by atoms with Crippen molar-refractivity contribution in [3.8, 4) is 0 Å². The van der Waals surface area contributed by atoms with Crippen LogP contribution in [0.3, 0.4) is 0 Å².